The Balaban J connectivity index is 1.89. The molecule has 2 rings (SSSR count). The van der Waals surface area contributed by atoms with E-state index in [9.17, 15) is 4.79 Å². The maximum atomic E-state index is 11.3. The number of esters is 1. The van der Waals surface area contributed by atoms with Crippen LogP contribution in [0.15, 0.2) is 30.3 Å². The van der Waals surface area contributed by atoms with Crippen LogP contribution in [-0.4, -0.2) is 12.3 Å². The van der Waals surface area contributed by atoms with Crippen molar-refractivity contribution in [2.75, 3.05) is 0 Å². The predicted octanol–water partition coefficient (Wildman–Crippen LogP) is 2.28. The van der Waals surface area contributed by atoms with Crippen molar-refractivity contribution in [1.82, 2.24) is 0 Å². The zero-order valence-corrected chi connectivity index (χ0v) is 8.84. The SMILES string of the molecule is CC(C)C(=O)OC1OC1c1ccccc1. The maximum Gasteiger partial charge on any atom is 0.310 e. The van der Waals surface area contributed by atoms with Gasteiger partial charge in [-0.1, -0.05) is 44.2 Å². The third-order valence-corrected chi connectivity index (χ3v) is 2.28. The molecule has 1 aliphatic heterocycles. The topological polar surface area (TPSA) is 38.8 Å². The van der Waals surface area contributed by atoms with Gasteiger partial charge in [-0.2, -0.15) is 0 Å². The zero-order valence-electron chi connectivity index (χ0n) is 8.84. The number of carbonyl (C=O) groups excluding carboxylic acids is 1. The molecule has 3 nitrogen and oxygen atoms in total. The van der Waals surface area contributed by atoms with E-state index in [0.29, 0.717) is 0 Å². The molecule has 0 bridgehead atoms. The molecule has 1 fully saturated rings. The summed E-state index contributed by atoms with van der Waals surface area (Å²) in [7, 11) is 0. The molecule has 1 aromatic carbocycles. The Labute approximate surface area is 89.0 Å². The lowest BCUT2D eigenvalue weighted by molar-refractivity contribution is -0.152. The molecule has 0 aliphatic carbocycles. The highest BCUT2D eigenvalue weighted by Gasteiger charge is 2.44. The van der Waals surface area contributed by atoms with E-state index in [1.807, 2.05) is 44.2 Å². The molecule has 0 amide bonds. The standard InChI is InChI=1S/C12H14O3/c1-8(2)11(13)15-12-10(14-12)9-6-4-3-5-7-9/h3-8,10,12H,1-2H3. The fourth-order valence-corrected chi connectivity index (χ4v) is 1.32. The van der Waals surface area contributed by atoms with Crippen LogP contribution in [0.3, 0.4) is 0 Å². The third kappa shape index (κ3) is 2.36. The van der Waals surface area contributed by atoms with Gasteiger partial charge in [-0.15, -0.1) is 0 Å². The van der Waals surface area contributed by atoms with Crippen molar-refractivity contribution in [2.45, 2.75) is 26.2 Å². The minimum absolute atomic E-state index is 0.0751. The van der Waals surface area contributed by atoms with E-state index in [1.165, 1.54) is 0 Å². The fraction of sp³-hybridized carbons (Fsp3) is 0.417. The second-order valence-corrected chi connectivity index (χ2v) is 3.93. The van der Waals surface area contributed by atoms with Gasteiger partial charge >= 0.3 is 5.97 Å². The molecule has 3 heteroatoms. The summed E-state index contributed by atoms with van der Waals surface area (Å²) < 4.78 is 10.4. The van der Waals surface area contributed by atoms with Gasteiger partial charge in [-0.25, -0.2) is 0 Å². The van der Waals surface area contributed by atoms with Crippen LogP contribution < -0.4 is 0 Å². The van der Waals surface area contributed by atoms with Crippen molar-refractivity contribution in [3.63, 3.8) is 0 Å². The predicted molar refractivity (Wildman–Crippen MR) is 55.0 cm³/mol. The summed E-state index contributed by atoms with van der Waals surface area (Å²) in [5, 5.41) is 0. The van der Waals surface area contributed by atoms with Crippen LogP contribution >= 0.6 is 0 Å². The third-order valence-electron chi connectivity index (χ3n) is 2.28. The Morgan fingerprint density at radius 2 is 2.00 bits per heavy atom. The minimum Gasteiger partial charge on any atom is -0.432 e. The summed E-state index contributed by atoms with van der Waals surface area (Å²) in [6, 6.07) is 9.76. The lowest BCUT2D eigenvalue weighted by atomic mass is 10.1. The number of hydrogen-bond acceptors (Lipinski definition) is 3. The first kappa shape index (κ1) is 10.2. The van der Waals surface area contributed by atoms with Crippen molar-refractivity contribution in [3.8, 4) is 0 Å². The Bertz CT molecular complexity index is 345. The Morgan fingerprint density at radius 3 is 2.60 bits per heavy atom. The molecule has 2 atom stereocenters. The van der Waals surface area contributed by atoms with E-state index in [0.717, 1.165) is 5.56 Å². The molecule has 0 spiro atoms. The number of carbonyl (C=O) groups is 1. The van der Waals surface area contributed by atoms with Crippen molar-refractivity contribution in [2.24, 2.45) is 5.92 Å². The first-order chi connectivity index (χ1) is 7.18. The Morgan fingerprint density at radius 1 is 1.33 bits per heavy atom. The quantitative estimate of drug-likeness (QED) is 0.562. The van der Waals surface area contributed by atoms with E-state index in [2.05, 4.69) is 0 Å². The first-order valence-electron chi connectivity index (χ1n) is 5.09. The second kappa shape index (κ2) is 4.03. The van der Waals surface area contributed by atoms with Crippen LogP contribution in [-0.2, 0) is 14.3 Å². The summed E-state index contributed by atoms with van der Waals surface area (Å²) in [6.07, 6.45) is -0.462. The number of epoxide rings is 1. The molecule has 1 aliphatic rings. The van der Waals surface area contributed by atoms with Gasteiger partial charge in [0, 0.05) is 0 Å². The molecular formula is C12H14O3. The monoisotopic (exact) mass is 206 g/mol. The lowest BCUT2D eigenvalue weighted by Crippen LogP contribution is -2.13. The second-order valence-electron chi connectivity index (χ2n) is 3.93. The summed E-state index contributed by atoms with van der Waals surface area (Å²) in [4.78, 5) is 11.3. The average Bonchev–Trinajstić information content (AvgIpc) is 2.98. The summed E-state index contributed by atoms with van der Waals surface area (Å²) in [5.41, 5.74) is 1.05. The van der Waals surface area contributed by atoms with Crippen molar-refractivity contribution < 1.29 is 14.3 Å². The molecule has 0 radical (unpaired) electrons. The van der Waals surface area contributed by atoms with Crippen LogP contribution in [0.4, 0.5) is 0 Å². The summed E-state index contributed by atoms with van der Waals surface area (Å²) >= 11 is 0. The van der Waals surface area contributed by atoms with Crippen LogP contribution in [0, 0.1) is 5.92 Å². The highest BCUT2D eigenvalue weighted by molar-refractivity contribution is 5.71. The van der Waals surface area contributed by atoms with Crippen LogP contribution in [0.25, 0.3) is 0 Å². The maximum absolute atomic E-state index is 11.3. The van der Waals surface area contributed by atoms with E-state index < -0.39 is 0 Å². The number of hydrogen-bond donors (Lipinski definition) is 0. The lowest BCUT2D eigenvalue weighted by Gasteiger charge is -2.03. The highest BCUT2D eigenvalue weighted by Crippen LogP contribution is 2.39. The molecule has 2 unspecified atom stereocenters. The first-order valence-corrected chi connectivity index (χ1v) is 5.09. The number of rotatable bonds is 3. The van der Waals surface area contributed by atoms with Crippen molar-refractivity contribution >= 4 is 5.97 Å². The molecule has 15 heavy (non-hydrogen) atoms. The Kier molecular flexibility index (Phi) is 2.73. The molecule has 1 aromatic rings. The van der Waals surface area contributed by atoms with Gasteiger partial charge in [0.15, 0.2) is 0 Å². The normalized spacial score (nSPS) is 23.9. The largest absolute Gasteiger partial charge is 0.432 e. The smallest absolute Gasteiger partial charge is 0.310 e. The van der Waals surface area contributed by atoms with E-state index in [-0.39, 0.29) is 24.3 Å². The van der Waals surface area contributed by atoms with E-state index in [4.69, 9.17) is 9.47 Å². The minimum atomic E-state index is -0.387. The van der Waals surface area contributed by atoms with E-state index >= 15 is 0 Å². The van der Waals surface area contributed by atoms with E-state index in [1.54, 1.807) is 0 Å². The molecule has 1 heterocycles. The van der Waals surface area contributed by atoms with Gasteiger partial charge in [0.1, 0.15) is 6.10 Å². The molecular weight excluding hydrogens is 192 g/mol. The molecule has 1 saturated heterocycles. The Hall–Kier alpha value is -1.35. The fourth-order valence-electron chi connectivity index (χ4n) is 1.32. The van der Waals surface area contributed by atoms with Gasteiger partial charge in [0.05, 0.1) is 5.92 Å². The zero-order chi connectivity index (χ0) is 10.8. The van der Waals surface area contributed by atoms with Crippen LogP contribution in [0.1, 0.15) is 25.5 Å². The molecule has 0 aromatic heterocycles. The van der Waals surface area contributed by atoms with Crippen LogP contribution in [0.2, 0.25) is 0 Å². The van der Waals surface area contributed by atoms with Gasteiger partial charge in [-0.05, 0) is 5.56 Å². The van der Waals surface area contributed by atoms with Gasteiger partial charge < -0.3 is 9.47 Å². The van der Waals surface area contributed by atoms with Crippen molar-refractivity contribution in [1.29, 1.82) is 0 Å². The van der Waals surface area contributed by atoms with Gasteiger partial charge in [0.25, 0.3) is 0 Å². The summed E-state index contributed by atoms with van der Waals surface area (Å²) in [5.74, 6) is -0.316. The average molecular weight is 206 g/mol. The number of ether oxygens (including phenoxy) is 2. The van der Waals surface area contributed by atoms with Crippen LogP contribution in [0.5, 0.6) is 0 Å². The number of benzene rings is 1. The highest BCUT2D eigenvalue weighted by atomic mass is 16.8. The molecule has 0 N–H and O–H groups in total. The molecule has 0 saturated carbocycles. The van der Waals surface area contributed by atoms with Crippen molar-refractivity contribution in [3.05, 3.63) is 35.9 Å². The summed E-state index contributed by atoms with van der Waals surface area (Å²) in [6.45, 7) is 3.62. The van der Waals surface area contributed by atoms with Gasteiger partial charge in [0.2, 0.25) is 6.29 Å². The van der Waals surface area contributed by atoms with Gasteiger partial charge in [-0.3, -0.25) is 4.79 Å². The molecule has 80 valence electrons.